The van der Waals surface area contributed by atoms with E-state index in [1.54, 1.807) is 32.9 Å². The van der Waals surface area contributed by atoms with Crippen molar-refractivity contribution < 1.29 is 22.7 Å². The number of carbonyl (C=O) groups is 1. The molecule has 0 aliphatic carbocycles. The Morgan fingerprint density at radius 2 is 1.81 bits per heavy atom. The van der Waals surface area contributed by atoms with Crippen molar-refractivity contribution in [3.8, 4) is 11.3 Å². The highest BCUT2D eigenvalue weighted by molar-refractivity contribution is 5.65. The molecule has 2 aromatic rings. The minimum absolute atomic E-state index is 0.0312. The molecule has 1 aromatic heterocycles. The third-order valence-corrected chi connectivity index (χ3v) is 3.49. The van der Waals surface area contributed by atoms with Crippen molar-refractivity contribution >= 4 is 12.0 Å². The minimum atomic E-state index is -4.55. The molecule has 0 radical (unpaired) electrons. The number of nitrogens with two attached hydrogens (primary N) is 2. The van der Waals surface area contributed by atoms with Gasteiger partial charge in [0.15, 0.2) is 0 Å². The summed E-state index contributed by atoms with van der Waals surface area (Å²) in [5.74, 6) is -0.0312. The third-order valence-electron chi connectivity index (χ3n) is 3.49. The van der Waals surface area contributed by atoms with E-state index in [4.69, 9.17) is 16.2 Å². The Balaban J connectivity index is 2.54. The molecule has 0 aliphatic rings. The van der Waals surface area contributed by atoms with Crippen LogP contribution in [-0.4, -0.2) is 21.7 Å². The zero-order valence-electron chi connectivity index (χ0n) is 14.5. The normalized spacial score (nSPS) is 12.1. The van der Waals surface area contributed by atoms with Gasteiger partial charge in [0, 0.05) is 17.7 Å². The van der Waals surface area contributed by atoms with Crippen molar-refractivity contribution in [3.63, 3.8) is 0 Å². The second kappa shape index (κ2) is 6.81. The fourth-order valence-corrected chi connectivity index (χ4v) is 2.64. The van der Waals surface area contributed by atoms with Crippen LogP contribution >= 0.6 is 0 Å². The lowest BCUT2D eigenvalue weighted by molar-refractivity contribution is -0.137. The van der Waals surface area contributed by atoms with Crippen LogP contribution in [0.25, 0.3) is 11.3 Å². The van der Waals surface area contributed by atoms with Gasteiger partial charge in [-0.15, -0.1) is 0 Å². The number of amides is 1. The van der Waals surface area contributed by atoms with Gasteiger partial charge in [0.05, 0.1) is 11.3 Å². The quantitative estimate of drug-likeness (QED) is 0.860. The maximum absolute atomic E-state index is 13.3. The molecule has 1 aromatic carbocycles. The lowest BCUT2D eigenvalue weighted by atomic mass is 9.94. The highest BCUT2D eigenvalue weighted by Crippen LogP contribution is 2.34. The first-order chi connectivity index (χ1) is 11.9. The summed E-state index contributed by atoms with van der Waals surface area (Å²) in [5, 5.41) is 0. The summed E-state index contributed by atoms with van der Waals surface area (Å²) in [6.07, 6.45) is -5.51. The second-order valence-electron chi connectivity index (χ2n) is 6.53. The lowest BCUT2D eigenvalue weighted by Crippen LogP contribution is -2.33. The van der Waals surface area contributed by atoms with Crippen molar-refractivity contribution in [2.24, 2.45) is 5.73 Å². The van der Waals surface area contributed by atoms with Gasteiger partial charge in [0.25, 0.3) is 0 Å². The topological polar surface area (TPSA) is 104 Å². The molecule has 1 heterocycles. The zero-order chi connectivity index (χ0) is 19.7. The van der Waals surface area contributed by atoms with Crippen LogP contribution in [0, 0.1) is 6.92 Å². The molecule has 0 unspecified atom stereocenters. The molecule has 0 atom stereocenters. The predicted molar refractivity (Wildman–Crippen MR) is 90.1 cm³/mol. The van der Waals surface area contributed by atoms with E-state index in [9.17, 15) is 18.0 Å². The number of primary amides is 1. The van der Waals surface area contributed by atoms with Crippen LogP contribution in [0.5, 0.6) is 0 Å². The van der Waals surface area contributed by atoms with Gasteiger partial charge < -0.3 is 16.2 Å². The number of carbonyl (C=O) groups excluding carboxylic acids is 1. The van der Waals surface area contributed by atoms with Gasteiger partial charge in [-0.25, -0.2) is 14.8 Å². The number of nitrogens with zero attached hydrogens (tertiary/aromatic N) is 2. The summed E-state index contributed by atoms with van der Waals surface area (Å²) in [6, 6.07) is 5.09. The first-order valence-electron chi connectivity index (χ1n) is 7.67. The number of alkyl halides is 3. The molecule has 0 saturated carbocycles. The number of hydrogen-bond acceptors (Lipinski definition) is 5. The molecule has 1 amide bonds. The Morgan fingerprint density at radius 1 is 1.15 bits per heavy atom. The van der Waals surface area contributed by atoms with Crippen LogP contribution in [0.4, 0.5) is 23.9 Å². The van der Waals surface area contributed by atoms with Crippen molar-refractivity contribution in [1.82, 2.24) is 9.97 Å². The first kappa shape index (κ1) is 19.5. The van der Waals surface area contributed by atoms with Gasteiger partial charge in [-0.3, -0.25) is 0 Å². The summed E-state index contributed by atoms with van der Waals surface area (Å²) in [6.45, 7) is 4.79. The lowest BCUT2D eigenvalue weighted by Gasteiger charge is -2.24. The number of aryl methyl sites for hydroxylation is 1. The number of hydrogen-bond donors (Lipinski definition) is 2. The van der Waals surface area contributed by atoms with Gasteiger partial charge in [0.2, 0.25) is 5.95 Å². The average molecular weight is 368 g/mol. The van der Waals surface area contributed by atoms with E-state index in [-0.39, 0.29) is 23.6 Å². The standard InChI is InChI=1S/C17H19F3N4O2/c1-9-4-13(24-14(21)23-9)11-5-10(6-12(7-11)17(18,19)20)8-16(2,3)26-15(22)25/h4-7H,8H2,1-3H3,(H2,22,25)(H2,21,23,24). The van der Waals surface area contributed by atoms with Gasteiger partial charge in [-0.1, -0.05) is 0 Å². The predicted octanol–water partition coefficient (Wildman–Crippen LogP) is 3.47. The van der Waals surface area contributed by atoms with Gasteiger partial charge in [-0.2, -0.15) is 13.2 Å². The van der Waals surface area contributed by atoms with Crippen molar-refractivity contribution in [3.05, 3.63) is 41.1 Å². The average Bonchev–Trinajstić information content (AvgIpc) is 2.42. The van der Waals surface area contributed by atoms with Crippen LogP contribution in [0.2, 0.25) is 0 Å². The first-order valence-corrected chi connectivity index (χ1v) is 7.67. The molecule has 0 bridgehead atoms. The second-order valence-corrected chi connectivity index (χ2v) is 6.53. The molecule has 2 rings (SSSR count). The van der Waals surface area contributed by atoms with Crippen molar-refractivity contribution in [1.29, 1.82) is 0 Å². The van der Waals surface area contributed by atoms with E-state index in [0.29, 0.717) is 11.3 Å². The molecule has 0 saturated heterocycles. The highest BCUT2D eigenvalue weighted by atomic mass is 19.4. The van der Waals surface area contributed by atoms with Gasteiger partial charge in [-0.05, 0) is 50.6 Å². The highest BCUT2D eigenvalue weighted by Gasteiger charge is 2.32. The number of halogens is 3. The number of anilines is 1. The van der Waals surface area contributed by atoms with Crippen LogP contribution in [-0.2, 0) is 17.3 Å². The molecule has 0 aliphatic heterocycles. The van der Waals surface area contributed by atoms with E-state index in [1.807, 2.05) is 0 Å². The Morgan fingerprint density at radius 3 is 2.35 bits per heavy atom. The minimum Gasteiger partial charge on any atom is -0.443 e. The van der Waals surface area contributed by atoms with Crippen LogP contribution < -0.4 is 11.5 Å². The largest absolute Gasteiger partial charge is 0.443 e. The van der Waals surface area contributed by atoms with Crippen molar-refractivity contribution in [2.75, 3.05) is 5.73 Å². The summed E-state index contributed by atoms with van der Waals surface area (Å²) in [7, 11) is 0. The number of rotatable bonds is 4. The monoisotopic (exact) mass is 368 g/mol. The Labute approximate surface area is 148 Å². The molecule has 0 fully saturated rings. The Hall–Kier alpha value is -2.84. The van der Waals surface area contributed by atoms with Crippen LogP contribution in [0.1, 0.15) is 30.7 Å². The van der Waals surface area contributed by atoms with Gasteiger partial charge >= 0.3 is 12.3 Å². The summed E-state index contributed by atoms with van der Waals surface area (Å²) in [4.78, 5) is 18.9. The third kappa shape index (κ3) is 5.08. The van der Waals surface area contributed by atoms with Crippen LogP contribution in [0.15, 0.2) is 24.3 Å². The molecule has 140 valence electrons. The number of aromatic nitrogens is 2. The smallest absolute Gasteiger partial charge is 0.416 e. The fourth-order valence-electron chi connectivity index (χ4n) is 2.64. The molecule has 9 heteroatoms. The van der Waals surface area contributed by atoms with E-state index in [0.717, 1.165) is 12.1 Å². The molecule has 0 spiro atoms. The van der Waals surface area contributed by atoms with Crippen molar-refractivity contribution in [2.45, 2.75) is 39.0 Å². The summed E-state index contributed by atoms with van der Waals surface area (Å²) in [5.41, 5.74) is 10.1. The molecule has 26 heavy (non-hydrogen) atoms. The maximum Gasteiger partial charge on any atom is 0.416 e. The molecular formula is C17H19F3N4O2. The Bertz CT molecular complexity index is 815. The van der Waals surface area contributed by atoms with E-state index in [2.05, 4.69) is 9.97 Å². The number of nitrogen functional groups attached to an aromatic ring is 1. The summed E-state index contributed by atoms with van der Waals surface area (Å²) >= 11 is 0. The zero-order valence-corrected chi connectivity index (χ0v) is 14.5. The molecule has 4 N–H and O–H groups in total. The van der Waals surface area contributed by atoms with Gasteiger partial charge in [0.1, 0.15) is 5.60 Å². The molecule has 6 nitrogen and oxygen atoms in total. The van der Waals surface area contributed by atoms with E-state index in [1.165, 1.54) is 0 Å². The SMILES string of the molecule is Cc1cc(-c2cc(CC(C)(C)OC(N)=O)cc(C(F)(F)F)c2)nc(N)n1. The number of benzene rings is 1. The fraction of sp³-hybridized carbons (Fsp3) is 0.353. The van der Waals surface area contributed by atoms with E-state index < -0.39 is 23.4 Å². The van der Waals surface area contributed by atoms with Crippen LogP contribution in [0.3, 0.4) is 0 Å². The summed E-state index contributed by atoms with van der Waals surface area (Å²) < 4.78 is 44.9. The Kier molecular flexibility index (Phi) is 5.11. The number of ether oxygens (including phenoxy) is 1. The van der Waals surface area contributed by atoms with E-state index >= 15 is 0 Å². The molecular weight excluding hydrogens is 349 g/mol. The maximum atomic E-state index is 13.3.